The van der Waals surface area contributed by atoms with Crippen molar-refractivity contribution in [2.24, 2.45) is 10.7 Å². The number of halogens is 1. The minimum absolute atomic E-state index is 0. The molecule has 0 aromatic carbocycles. The topological polar surface area (TPSA) is 93.8 Å². The van der Waals surface area contributed by atoms with Crippen LogP contribution in [0.15, 0.2) is 4.99 Å². The van der Waals surface area contributed by atoms with Gasteiger partial charge in [0.05, 0.1) is 25.5 Å². The Bertz CT molecular complexity index is 350. The Morgan fingerprint density at radius 3 is 2.33 bits per heavy atom. The van der Waals surface area contributed by atoms with Crippen molar-refractivity contribution in [3.8, 4) is 0 Å². The second-order valence-corrected chi connectivity index (χ2v) is 7.14. The molecule has 0 aliphatic rings. The zero-order valence-electron chi connectivity index (χ0n) is 11.4. The Kier molecular flexibility index (Phi) is 10.0. The molecule has 0 rings (SSSR count). The molecule has 18 heavy (non-hydrogen) atoms. The van der Waals surface area contributed by atoms with Crippen molar-refractivity contribution in [1.29, 1.82) is 0 Å². The van der Waals surface area contributed by atoms with Gasteiger partial charge in [0.15, 0.2) is 5.96 Å². The Labute approximate surface area is 127 Å². The van der Waals surface area contributed by atoms with Crippen LogP contribution >= 0.6 is 24.0 Å². The van der Waals surface area contributed by atoms with Gasteiger partial charge in [-0.05, 0) is 20.8 Å². The highest BCUT2D eigenvalue weighted by Gasteiger charge is 2.09. The summed E-state index contributed by atoms with van der Waals surface area (Å²) in [5.74, 6) is 0.399. The number of nitrogens with one attached hydrogen (secondary N) is 1. The number of hydrogen-bond acceptors (Lipinski definition) is 4. The summed E-state index contributed by atoms with van der Waals surface area (Å²) >= 11 is 0. The van der Waals surface area contributed by atoms with Crippen LogP contribution in [0.2, 0.25) is 0 Å². The van der Waals surface area contributed by atoms with Crippen molar-refractivity contribution in [3.05, 3.63) is 0 Å². The fraction of sp³-hybridized carbons (Fsp3) is 0.900. The molecule has 0 atom stereocenters. The van der Waals surface area contributed by atoms with Crippen LogP contribution in [0.5, 0.6) is 0 Å². The molecule has 0 amide bonds. The lowest BCUT2D eigenvalue weighted by Gasteiger charge is -2.20. The number of nitrogens with zero attached hydrogens (tertiary/aromatic N) is 1. The quantitative estimate of drug-likeness (QED) is 0.294. The standard InChI is InChI=1S/C10H23N3O3S.HI/c1-10(2,3)13-9(11)12-5-6-16-7-8-17(4,14)15;/h5-8H2,1-4H3,(H3,11,12,13);1H. The smallest absolute Gasteiger partial charge is 0.189 e. The molecule has 0 heterocycles. The molecule has 0 radical (unpaired) electrons. The van der Waals surface area contributed by atoms with E-state index in [1.165, 1.54) is 6.26 Å². The summed E-state index contributed by atoms with van der Waals surface area (Å²) in [4.78, 5) is 4.05. The lowest BCUT2D eigenvalue weighted by molar-refractivity contribution is 0.157. The highest BCUT2D eigenvalue weighted by molar-refractivity contribution is 14.0. The largest absolute Gasteiger partial charge is 0.378 e. The summed E-state index contributed by atoms with van der Waals surface area (Å²) < 4.78 is 26.7. The van der Waals surface area contributed by atoms with E-state index in [0.29, 0.717) is 19.1 Å². The van der Waals surface area contributed by atoms with Gasteiger partial charge in [-0.15, -0.1) is 24.0 Å². The molecule has 0 saturated carbocycles. The van der Waals surface area contributed by atoms with Crippen molar-refractivity contribution in [1.82, 2.24) is 5.32 Å². The van der Waals surface area contributed by atoms with Crippen LogP contribution in [-0.2, 0) is 14.6 Å². The van der Waals surface area contributed by atoms with Crippen LogP contribution in [0, 0.1) is 0 Å². The summed E-state index contributed by atoms with van der Waals surface area (Å²) in [7, 11) is -2.95. The Morgan fingerprint density at radius 1 is 1.33 bits per heavy atom. The zero-order valence-corrected chi connectivity index (χ0v) is 14.5. The third kappa shape index (κ3) is 15.9. The predicted molar refractivity (Wildman–Crippen MR) is 85.3 cm³/mol. The van der Waals surface area contributed by atoms with E-state index >= 15 is 0 Å². The first kappa shape index (κ1) is 20.2. The molecule has 0 aromatic heterocycles. The number of sulfone groups is 1. The normalized spacial score (nSPS) is 13.0. The van der Waals surface area contributed by atoms with Crippen LogP contribution in [0.1, 0.15) is 20.8 Å². The SMILES string of the molecule is CC(C)(C)NC(N)=NCCOCCS(C)(=O)=O.I. The van der Waals surface area contributed by atoms with Crippen molar-refractivity contribution in [2.45, 2.75) is 26.3 Å². The van der Waals surface area contributed by atoms with Gasteiger partial charge in [0.1, 0.15) is 9.84 Å². The molecular weight excluding hydrogens is 369 g/mol. The fourth-order valence-corrected chi connectivity index (χ4v) is 1.39. The number of ether oxygens (including phenoxy) is 1. The first-order valence-corrected chi connectivity index (χ1v) is 7.50. The maximum Gasteiger partial charge on any atom is 0.189 e. The molecule has 0 bridgehead atoms. The van der Waals surface area contributed by atoms with Gasteiger partial charge in [-0.3, -0.25) is 4.99 Å². The second-order valence-electron chi connectivity index (χ2n) is 4.88. The van der Waals surface area contributed by atoms with Crippen LogP contribution in [-0.4, -0.2) is 51.7 Å². The number of nitrogens with two attached hydrogens (primary N) is 1. The van der Waals surface area contributed by atoms with Gasteiger partial charge in [-0.1, -0.05) is 0 Å². The van der Waals surface area contributed by atoms with E-state index < -0.39 is 9.84 Å². The summed E-state index contributed by atoms with van der Waals surface area (Å²) in [6, 6.07) is 0. The summed E-state index contributed by atoms with van der Waals surface area (Å²) in [6.45, 7) is 6.93. The number of rotatable bonds is 6. The maximum absolute atomic E-state index is 10.8. The minimum Gasteiger partial charge on any atom is -0.378 e. The van der Waals surface area contributed by atoms with Gasteiger partial charge in [0.2, 0.25) is 0 Å². The molecule has 110 valence electrons. The Hall–Kier alpha value is -0.0900. The first-order valence-electron chi connectivity index (χ1n) is 5.44. The molecule has 0 spiro atoms. The van der Waals surface area contributed by atoms with Crippen molar-refractivity contribution >= 4 is 39.8 Å². The molecule has 6 nitrogen and oxygen atoms in total. The Morgan fingerprint density at radius 2 is 1.89 bits per heavy atom. The van der Waals surface area contributed by atoms with E-state index in [4.69, 9.17) is 10.5 Å². The summed E-state index contributed by atoms with van der Waals surface area (Å²) in [6.07, 6.45) is 1.18. The van der Waals surface area contributed by atoms with Crippen LogP contribution in [0.3, 0.4) is 0 Å². The van der Waals surface area contributed by atoms with Gasteiger partial charge >= 0.3 is 0 Å². The van der Waals surface area contributed by atoms with Crippen LogP contribution < -0.4 is 11.1 Å². The van der Waals surface area contributed by atoms with Crippen LogP contribution in [0.25, 0.3) is 0 Å². The number of guanidine groups is 1. The van der Waals surface area contributed by atoms with Gasteiger partial charge < -0.3 is 15.8 Å². The molecule has 3 N–H and O–H groups in total. The van der Waals surface area contributed by atoms with E-state index in [2.05, 4.69) is 10.3 Å². The second kappa shape index (κ2) is 8.92. The zero-order chi connectivity index (χ0) is 13.5. The van der Waals surface area contributed by atoms with Gasteiger partial charge in [-0.2, -0.15) is 0 Å². The van der Waals surface area contributed by atoms with Crippen molar-refractivity contribution < 1.29 is 13.2 Å². The molecule has 8 heteroatoms. The predicted octanol–water partition coefficient (Wildman–Crippen LogP) is 0.368. The van der Waals surface area contributed by atoms with E-state index in [0.717, 1.165) is 0 Å². The summed E-state index contributed by atoms with van der Waals surface area (Å²) in [5, 5.41) is 3.01. The third-order valence-corrected chi connectivity index (χ3v) is 2.53. The fourth-order valence-electron chi connectivity index (χ4n) is 0.967. The van der Waals surface area contributed by atoms with E-state index in [1.807, 2.05) is 20.8 Å². The average molecular weight is 393 g/mol. The third-order valence-electron chi connectivity index (χ3n) is 1.62. The molecular formula is C10H24IN3O3S. The first-order chi connectivity index (χ1) is 7.60. The highest BCUT2D eigenvalue weighted by atomic mass is 127. The van der Waals surface area contributed by atoms with E-state index in [-0.39, 0.29) is 41.9 Å². The lowest BCUT2D eigenvalue weighted by atomic mass is 10.1. The maximum atomic E-state index is 10.8. The highest BCUT2D eigenvalue weighted by Crippen LogP contribution is 1.96. The monoisotopic (exact) mass is 393 g/mol. The van der Waals surface area contributed by atoms with Gasteiger partial charge in [0.25, 0.3) is 0 Å². The molecule has 0 unspecified atom stereocenters. The van der Waals surface area contributed by atoms with Crippen LogP contribution in [0.4, 0.5) is 0 Å². The lowest BCUT2D eigenvalue weighted by Crippen LogP contribution is -2.45. The minimum atomic E-state index is -2.95. The van der Waals surface area contributed by atoms with E-state index in [9.17, 15) is 8.42 Å². The number of hydrogen-bond donors (Lipinski definition) is 2. The van der Waals surface area contributed by atoms with Crippen molar-refractivity contribution in [3.63, 3.8) is 0 Å². The van der Waals surface area contributed by atoms with Gasteiger partial charge in [-0.25, -0.2) is 8.42 Å². The Balaban J connectivity index is 0. The summed E-state index contributed by atoms with van der Waals surface area (Å²) in [5.41, 5.74) is 5.51. The molecule has 0 aromatic rings. The molecule has 0 aliphatic carbocycles. The molecule has 0 aliphatic heterocycles. The molecule has 0 saturated heterocycles. The van der Waals surface area contributed by atoms with E-state index in [1.54, 1.807) is 0 Å². The average Bonchev–Trinajstić information content (AvgIpc) is 2.06. The van der Waals surface area contributed by atoms with Crippen molar-refractivity contribution in [2.75, 3.05) is 31.8 Å². The number of aliphatic imine (C=N–C) groups is 1. The van der Waals surface area contributed by atoms with Gasteiger partial charge in [0, 0.05) is 11.8 Å². The molecule has 0 fully saturated rings.